The second kappa shape index (κ2) is 10.7. The van der Waals surface area contributed by atoms with Gasteiger partial charge in [-0.3, -0.25) is 20.2 Å². The number of cyclic esters (lactones) is 1. The highest BCUT2D eigenvalue weighted by Gasteiger charge is 2.25. The number of carbonyl (C=O) groups is 1. The lowest BCUT2D eigenvalue weighted by molar-refractivity contribution is -0.385. The molecule has 0 aromatic heterocycles. The summed E-state index contributed by atoms with van der Waals surface area (Å²) in [5.74, 6) is 0.312. The smallest absolute Gasteiger partial charge is 0.363 e. The van der Waals surface area contributed by atoms with Gasteiger partial charge in [0.15, 0.2) is 17.2 Å². The zero-order valence-corrected chi connectivity index (χ0v) is 19.9. The van der Waals surface area contributed by atoms with Gasteiger partial charge in [0.2, 0.25) is 5.90 Å². The summed E-state index contributed by atoms with van der Waals surface area (Å²) in [6.45, 7) is 3.96. The number of esters is 1. The van der Waals surface area contributed by atoms with Crippen LogP contribution < -0.4 is 9.47 Å². The summed E-state index contributed by atoms with van der Waals surface area (Å²) in [7, 11) is 0. The molecule has 1 aliphatic rings. The number of hydrogen-bond acceptors (Lipinski definition) is 9. The van der Waals surface area contributed by atoms with E-state index in [1.807, 2.05) is 6.92 Å². The molecule has 188 valence electrons. The Morgan fingerprint density at radius 1 is 0.946 bits per heavy atom. The van der Waals surface area contributed by atoms with Crippen molar-refractivity contribution in [3.05, 3.63) is 109 Å². The van der Waals surface area contributed by atoms with Crippen molar-refractivity contribution in [1.82, 2.24) is 0 Å². The van der Waals surface area contributed by atoms with Crippen molar-refractivity contribution in [1.29, 1.82) is 0 Å². The van der Waals surface area contributed by atoms with E-state index >= 15 is 0 Å². The molecule has 0 amide bonds. The number of nitro groups is 2. The first-order valence-corrected chi connectivity index (χ1v) is 11.2. The van der Waals surface area contributed by atoms with Crippen LogP contribution in [0.4, 0.5) is 11.4 Å². The molecule has 0 spiro atoms. The van der Waals surface area contributed by atoms with Crippen LogP contribution >= 0.6 is 0 Å². The molecule has 3 aromatic carbocycles. The predicted molar refractivity (Wildman–Crippen MR) is 133 cm³/mol. The number of carbonyl (C=O) groups excluding carboxylic acids is 1. The van der Waals surface area contributed by atoms with Gasteiger partial charge in [-0.15, -0.1) is 0 Å². The lowest BCUT2D eigenvalue weighted by Gasteiger charge is -2.13. The van der Waals surface area contributed by atoms with Gasteiger partial charge >= 0.3 is 5.97 Å². The standard InChI is InChI=1S/C26H21N3O8/c1-3-35-24-14-18(6-11-23(24)36-15-17-4-8-20(9-5-17)28(31)32)13-21-26(30)37-25(27-21)19-7-10-22(29(33)34)16(2)12-19/h4-14H,3,15H2,1-2H3/b21-13-. The monoisotopic (exact) mass is 503 g/mol. The lowest BCUT2D eigenvalue weighted by Crippen LogP contribution is -2.06. The second-order valence-electron chi connectivity index (χ2n) is 7.95. The van der Waals surface area contributed by atoms with Gasteiger partial charge in [-0.2, -0.15) is 0 Å². The molecule has 0 bridgehead atoms. The third kappa shape index (κ3) is 5.78. The van der Waals surface area contributed by atoms with E-state index in [2.05, 4.69) is 4.99 Å². The van der Waals surface area contributed by atoms with Gasteiger partial charge in [0.05, 0.1) is 16.5 Å². The highest BCUT2D eigenvalue weighted by atomic mass is 16.6. The summed E-state index contributed by atoms with van der Waals surface area (Å²) >= 11 is 0. The fraction of sp³-hybridized carbons (Fsp3) is 0.154. The van der Waals surface area contributed by atoms with Crippen LogP contribution in [0.5, 0.6) is 11.5 Å². The van der Waals surface area contributed by atoms with E-state index in [1.165, 1.54) is 36.4 Å². The number of nitro benzene ring substituents is 2. The first-order chi connectivity index (χ1) is 17.7. The third-order valence-corrected chi connectivity index (χ3v) is 5.37. The van der Waals surface area contributed by atoms with E-state index < -0.39 is 15.8 Å². The molecule has 4 rings (SSSR count). The predicted octanol–water partition coefficient (Wildman–Crippen LogP) is 5.13. The average molecular weight is 503 g/mol. The summed E-state index contributed by atoms with van der Waals surface area (Å²) < 4.78 is 16.8. The summed E-state index contributed by atoms with van der Waals surface area (Å²) in [5, 5.41) is 21.9. The Morgan fingerprint density at radius 3 is 2.35 bits per heavy atom. The Kier molecular flexibility index (Phi) is 7.23. The largest absolute Gasteiger partial charge is 0.490 e. The molecular weight excluding hydrogens is 482 g/mol. The van der Waals surface area contributed by atoms with Gasteiger partial charge < -0.3 is 14.2 Å². The van der Waals surface area contributed by atoms with Gasteiger partial charge in [-0.05, 0) is 67.4 Å². The SMILES string of the molecule is CCOc1cc(/C=C2\N=C(c3ccc([N+](=O)[O-])c(C)c3)OC2=O)ccc1OCc1ccc([N+](=O)[O-])cc1. The maximum atomic E-state index is 12.4. The molecule has 0 fully saturated rings. The van der Waals surface area contributed by atoms with Crippen LogP contribution in [-0.4, -0.2) is 28.3 Å². The van der Waals surface area contributed by atoms with Crippen molar-refractivity contribution in [2.45, 2.75) is 20.5 Å². The number of aliphatic imine (C=N–C) groups is 1. The van der Waals surface area contributed by atoms with E-state index in [-0.39, 0.29) is 29.6 Å². The molecule has 11 heteroatoms. The topological polar surface area (TPSA) is 143 Å². The van der Waals surface area contributed by atoms with E-state index in [1.54, 1.807) is 37.3 Å². The van der Waals surface area contributed by atoms with Crippen LogP contribution in [-0.2, 0) is 16.1 Å². The fourth-order valence-electron chi connectivity index (χ4n) is 3.56. The van der Waals surface area contributed by atoms with Crippen molar-refractivity contribution < 1.29 is 28.9 Å². The van der Waals surface area contributed by atoms with E-state index in [0.29, 0.717) is 34.8 Å². The Bertz CT molecular complexity index is 1440. The minimum absolute atomic E-state index is 0.00360. The molecule has 1 aliphatic heterocycles. The number of aryl methyl sites for hydroxylation is 1. The highest BCUT2D eigenvalue weighted by Crippen LogP contribution is 2.31. The first kappa shape index (κ1) is 25.0. The Morgan fingerprint density at radius 2 is 1.70 bits per heavy atom. The molecule has 0 aliphatic carbocycles. The number of rotatable bonds is 9. The van der Waals surface area contributed by atoms with Crippen molar-refractivity contribution >= 4 is 29.3 Å². The van der Waals surface area contributed by atoms with Gasteiger partial charge in [0.25, 0.3) is 11.4 Å². The molecule has 1 heterocycles. The Labute approximate surface area is 210 Å². The lowest BCUT2D eigenvalue weighted by atomic mass is 10.1. The van der Waals surface area contributed by atoms with Gasteiger partial charge in [0, 0.05) is 29.3 Å². The molecule has 0 atom stereocenters. The van der Waals surface area contributed by atoms with Crippen LogP contribution in [0.25, 0.3) is 6.08 Å². The Hall–Kier alpha value is -5.06. The van der Waals surface area contributed by atoms with Crippen molar-refractivity contribution in [2.24, 2.45) is 4.99 Å². The zero-order valence-electron chi connectivity index (χ0n) is 19.9. The van der Waals surface area contributed by atoms with Crippen LogP contribution in [0.1, 0.15) is 29.2 Å². The van der Waals surface area contributed by atoms with Crippen LogP contribution in [0, 0.1) is 27.2 Å². The molecule has 37 heavy (non-hydrogen) atoms. The molecule has 0 N–H and O–H groups in total. The van der Waals surface area contributed by atoms with Crippen LogP contribution in [0.2, 0.25) is 0 Å². The van der Waals surface area contributed by atoms with Crippen LogP contribution in [0.3, 0.4) is 0 Å². The summed E-state index contributed by atoms with van der Waals surface area (Å²) in [6.07, 6.45) is 1.54. The zero-order chi connectivity index (χ0) is 26.5. The number of nitrogens with zero attached hydrogens (tertiary/aromatic N) is 3. The molecule has 0 saturated heterocycles. The molecular formula is C26H21N3O8. The summed E-state index contributed by atoms with van der Waals surface area (Å²) in [4.78, 5) is 37.6. The third-order valence-electron chi connectivity index (χ3n) is 5.37. The number of benzene rings is 3. The average Bonchev–Trinajstić information content (AvgIpc) is 3.23. The summed E-state index contributed by atoms with van der Waals surface area (Å²) in [6, 6.07) is 15.5. The van der Waals surface area contributed by atoms with Crippen molar-refractivity contribution in [2.75, 3.05) is 6.61 Å². The minimum atomic E-state index is -0.650. The van der Waals surface area contributed by atoms with E-state index in [4.69, 9.17) is 14.2 Å². The minimum Gasteiger partial charge on any atom is -0.490 e. The quantitative estimate of drug-likeness (QED) is 0.169. The van der Waals surface area contributed by atoms with Crippen molar-refractivity contribution in [3.63, 3.8) is 0 Å². The van der Waals surface area contributed by atoms with Gasteiger partial charge in [0.1, 0.15) is 6.61 Å². The van der Waals surface area contributed by atoms with Crippen molar-refractivity contribution in [3.8, 4) is 11.5 Å². The first-order valence-electron chi connectivity index (χ1n) is 11.2. The molecule has 0 radical (unpaired) electrons. The number of non-ortho nitro benzene ring substituents is 1. The van der Waals surface area contributed by atoms with Crippen LogP contribution in [0.15, 0.2) is 71.4 Å². The number of ether oxygens (including phenoxy) is 3. The maximum Gasteiger partial charge on any atom is 0.363 e. The molecule has 3 aromatic rings. The van der Waals surface area contributed by atoms with Gasteiger partial charge in [-0.1, -0.05) is 6.07 Å². The molecule has 0 saturated carbocycles. The normalized spacial score (nSPS) is 13.7. The van der Waals surface area contributed by atoms with Gasteiger partial charge in [-0.25, -0.2) is 9.79 Å². The second-order valence-corrected chi connectivity index (χ2v) is 7.95. The Balaban J connectivity index is 1.54. The molecule has 11 nitrogen and oxygen atoms in total. The van der Waals surface area contributed by atoms with E-state index in [9.17, 15) is 25.0 Å². The maximum absolute atomic E-state index is 12.4. The van der Waals surface area contributed by atoms with E-state index in [0.717, 1.165) is 5.56 Å². The molecule has 0 unspecified atom stereocenters. The highest BCUT2D eigenvalue weighted by molar-refractivity contribution is 6.13. The fourth-order valence-corrected chi connectivity index (χ4v) is 3.56. The summed E-state index contributed by atoms with van der Waals surface area (Å²) in [5.41, 5.74) is 2.25. The number of hydrogen-bond donors (Lipinski definition) is 0.